The fourth-order valence-electron chi connectivity index (χ4n) is 1.87. The molecular weight excluding hydrogens is 356 g/mol. The minimum atomic E-state index is -0.869. The maximum atomic E-state index is 11.2. The SMILES string of the molecule is Cc1cc([N+](=O)[O-])c(-c2ccc(C=[NH+]N=C(N)N[N+](=O)[O-])o2)cc1Cl. The molecule has 4 N–H and O–H groups in total. The molecule has 2 rings (SSSR count). The van der Waals surface area contributed by atoms with Crippen LogP contribution in [0.15, 0.2) is 33.8 Å². The first-order valence-electron chi connectivity index (χ1n) is 6.65. The van der Waals surface area contributed by atoms with Crippen LogP contribution in [-0.2, 0) is 0 Å². The van der Waals surface area contributed by atoms with E-state index < -0.39 is 15.9 Å². The van der Waals surface area contributed by atoms with Crippen LogP contribution < -0.4 is 16.3 Å². The van der Waals surface area contributed by atoms with Gasteiger partial charge in [-0.3, -0.25) is 10.1 Å². The van der Waals surface area contributed by atoms with E-state index in [4.69, 9.17) is 21.8 Å². The highest BCUT2D eigenvalue weighted by Crippen LogP contribution is 2.35. The summed E-state index contributed by atoms with van der Waals surface area (Å²) in [6.07, 6.45) is 1.26. The minimum absolute atomic E-state index is 0.145. The molecule has 0 fully saturated rings. The highest BCUT2D eigenvalue weighted by atomic mass is 35.5. The second-order valence-corrected chi connectivity index (χ2v) is 5.12. The van der Waals surface area contributed by atoms with Gasteiger partial charge in [-0.25, -0.2) is 10.1 Å². The highest BCUT2D eigenvalue weighted by molar-refractivity contribution is 6.31. The maximum Gasteiger partial charge on any atom is 0.319 e. The van der Waals surface area contributed by atoms with Crippen molar-refractivity contribution >= 4 is 29.5 Å². The number of nitro benzene ring substituents is 1. The molecule has 2 aromatic rings. The van der Waals surface area contributed by atoms with Gasteiger partial charge in [0.05, 0.1) is 10.5 Å². The van der Waals surface area contributed by atoms with E-state index in [1.165, 1.54) is 30.5 Å². The first-order chi connectivity index (χ1) is 11.8. The van der Waals surface area contributed by atoms with Crippen LogP contribution in [0, 0.1) is 27.2 Å². The summed E-state index contributed by atoms with van der Waals surface area (Å²) in [6.45, 7) is 1.66. The molecule has 0 saturated heterocycles. The van der Waals surface area contributed by atoms with Crippen LogP contribution in [0.1, 0.15) is 11.3 Å². The summed E-state index contributed by atoms with van der Waals surface area (Å²) in [5.74, 6) is 0.0228. The van der Waals surface area contributed by atoms with Crippen molar-refractivity contribution in [3.05, 3.63) is 60.8 Å². The number of nitro groups is 2. The van der Waals surface area contributed by atoms with Crippen molar-refractivity contribution in [2.45, 2.75) is 6.92 Å². The lowest BCUT2D eigenvalue weighted by molar-refractivity contribution is -0.528. The van der Waals surface area contributed by atoms with Gasteiger partial charge in [-0.15, -0.1) is 0 Å². The fraction of sp³-hybridized carbons (Fsp3) is 0.0769. The molecule has 0 unspecified atom stereocenters. The van der Waals surface area contributed by atoms with Crippen LogP contribution in [-0.4, -0.2) is 22.1 Å². The lowest BCUT2D eigenvalue weighted by atomic mass is 10.1. The number of furan rings is 1. The molecule has 1 heterocycles. The largest absolute Gasteiger partial charge is 0.450 e. The molecule has 12 heteroatoms. The molecule has 0 saturated carbocycles. The molecule has 0 atom stereocenters. The quantitative estimate of drug-likeness (QED) is 0.296. The Balaban J connectivity index is 2.29. The second-order valence-electron chi connectivity index (χ2n) is 4.72. The van der Waals surface area contributed by atoms with Crippen LogP contribution in [0.3, 0.4) is 0 Å². The number of hydrazine groups is 1. The molecule has 11 nitrogen and oxygen atoms in total. The van der Waals surface area contributed by atoms with E-state index in [-0.39, 0.29) is 22.8 Å². The van der Waals surface area contributed by atoms with Crippen molar-refractivity contribution in [1.29, 1.82) is 0 Å². The molecule has 1 aromatic carbocycles. The average molecular weight is 368 g/mol. The van der Waals surface area contributed by atoms with Crippen LogP contribution in [0.25, 0.3) is 11.3 Å². The van der Waals surface area contributed by atoms with Gasteiger partial charge in [0.25, 0.3) is 5.69 Å². The number of benzene rings is 1. The van der Waals surface area contributed by atoms with E-state index >= 15 is 0 Å². The zero-order chi connectivity index (χ0) is 18.6. The third-order valence-electron chi connectivity index (χ3n) is 2.96. The van der Waals surface area contributed by atoms with Gasteiger partial charge in [0.15, 0.2) is 10.8 Å². The monoisotopic (exact) mass is 367 g/mol. The van der Waals surface area contributed by atoms with Gasteiger partial charge < -0.3 is 10.2 Å². The molecule has 0 bridgehead atoms. The number of aryl methyl sites for hydroxylation is 1. The van der Waals surface area contributed by atoms with Gasteiger partial charge in [0.1, 0.15) is 5.76 Å². The molecule has 0 spiro atoms. The number of halogens is 1. The minimum Gasteiger partial charge on any atom is -0.450 e. The van der Waals surface area contributed by atoms with Crippen molar-refractivity contribution in [3.63, 3.8) is 0 Å². The van der Waals surface area contributed by atoms with Crippen LogP contribution >= 0.6 is 11.6 Å². The van der Waals surface area contributed by atoms with Crippen molar-refractivity contribution in [2.24, 2.45) is 10.8 Å². The third kappa shape index (κ3) is 4.51. The molecule has 0 radical (unpaired) electrons. The Hall–Kier alpha value is -3.47. The van der Waals surface area contributed by atoms with Gasteiger partial charge in [-0.2, -0.15) is 0 Å². The molecule has 25 heavy (non-hydrogen) atoms. The van der Waals surface area contributed by atoms with E-state index in [1.54, 1.807) is 12.3 Å². The van der Waals surface area contributed by atoms with Crippen LogP contribution in [0.4, 0.5) is 5.69 Å². The number of nitrogens with two attached hydrogens (primary N) is 1. The molecule has 130 valence electrons. The van der Waals surface area contributed by atoms with E-state index in [0.717, 1.165) is 0 Å². The average Bonchev–Trinajstić information content (AvgIpc) is 2.97. The smallest absolute Gasteiger partial charge is 0.319 e. The van der Waals surface area contributed by atoms with E-state index in [1.807, 2.05) is 0 Å². The summed E-state index contributed by atoms with van der Waals surface area (Å²) in [4.78, 5) is 20.8. The summed E-state index contributed by atoms with van der Waals surface area (Å²) >= 11 is 6.03. The van der Waals surface area contributed by atoms with Crippen molar-refractivity contribution in [2.75, 3.05) is 0 Å². The zero-order valence-corrected chi connectivity index (χ0v) is 13.5. The lowest BCUT2D eigenvalue weighted by Crippen LogP contribution is -2.64. The van der Waals surface area contributed by atoms with Crippen molar-refractivity contribution in [3.8, 4) is 11.3 Å². The van der Waals surface area contributed by atoms with Gasteiger partial charge in [0.2, 0.25) is 6.21 Å². The van der Waals surface area contributed by atoms with Crippen LogP contribution in [0.5, 0.6) is 0 Å². The molecule has 0 aliphatic rings. The van der Waals surface area contributed by atoms with E-state index in [9.17, 15) is 20.2 Å². The molecular formula is C13H12ClN6O5+. The van der Waals surface area contributed by atoms with Crippen LogP contribution in [0.2, 0.25) is 5.02 Å². The summed E-state index contributed by atoms with van der Waals surface area (Å²) in [6, 6.07) is 5.84. The number of rotatable bonds is 5. The van der Waals surface area contributed by atoms with Crippen molar-refractivity contribution < 1.29 is 19.5 Å². The number of guanidine groups is 1. The Labute approximate surface area is 145 Å². The maximum absolute atomic E-state index is 11.2. The number of hydrogen-bond donors (Lipinski definition) is 3. The first kappa shape index (κ1) is 17.9. The van der Waals surface area contributed by atoms with Gasteiger partial charge in [-0.1, -0.05) is 22.1 Å². The summed E-state index contributed by atoms with van der Waals surface area (Å²) in [7, 11) is 0. The molecule has 1 aromatic heterocycles. The van der Waals surface area contributed by atoms with Gasteiger partial charge in [-0.05, 0) is 30.7 Å². The normalized spacial score (nSPS) is 11.7. The Morgan fingerprint density at radius 1 is 1.40 bits per heavy atom. The summed E-state index contributed by atoms with van der Waals surface area (Å²) < 4.78 is 5.47. The van der Waals surface area contributed by atoms with Gasteiger partial charge in [0, 0.05) is 16.2 Å². The fourth-order valence-corrected chi connectivity index (χ4v) is 2.04. The predicted octanol–water partition coefficient (Wildman–Crippen LogP) is 0.327. The standard InChI is InChI=1S/C13H11ClN6O5/c1-7-4-11(19(21)22)9(5-10(7)14)12-3-2-8(25-12)6-16-17-13(15)18-20(23)24/h2-6H,1H3,(H3,15,17,18)/p+1. The highest BCUT2D eigenvalue weighted by Gasteiger charge is 2.20. The van der Waals surface area contributed by atoms with Crippen molar-refractivity contribution in [1.82, 2.24) is 5.43 Å². The predicted molar refractivity (Wildman–Crippen MR) is 88.4 cm³/mol. The first-order valence-corrected chi connectivity index (χ1v) is 7.03. The molecule has 0 amide bonds. The lowest BCUT2D eigenvalue weighted by Gasteiger charge is -2.03. The second kappa shape index (κ2) is 7.40. The van der Waals surface area contributed by atoms with Gasteiger partial charge >= 0.3 is 5.96 Å². The summed E-state index contributed by atoms with van der Waals surface area (Å²) in [5, 5.41) is 26.7. The Morgan fingerprint density at radius 3 is 2.76 bits per heavy atom. The zero-order valence-electron chi connectivity index (χ0n) is 12.7. The number of nitrogens with one attached hydrogen (secondary N) is 2. The number of hydrogen-bond acceptors (Lipinski definition) is 6. The van der Waals surface area contributed by atoms with E-state index in [2.05, 4.69) is 10.2 Å². The summed E-state index contributed by atoms with van der Waals surface area (Å²) in [5.41, 5.74) is 7.50. The topological polar surface area (TPSA) is 164 Å². The van der Waals surface area contributed by atoms with E-state index in [0.29, 0.717) is 10.6 Å². The Morgan fingerprint density at radius 2 is 2.12 bits per heavy atom. The third-order valence-corrected chi connectivity index (χ3v) is 3.37. The Bertz CT molecular complexity index is 891. The number of hydrazone groups is 1. The Kier molecular flexibility index (Phi) is 5.29. The number of nitrogens with zero attached hydrogens (tertiary/aromatic N) is 3. The molecule has 0 aliphatic carbocycles. The molecule has 0 aliphatic heterocycles.